The molecule has 3 N–H and O–H groups in total. The number of nitrogens with two attached hydrogens (primary N) is 1. The number of carbonyl (C=O) groups is 1. The van der Waals surface area contributed by atoms with Crippen LogP contribution >= 0.6 is 11.8 Å². The topological polar surface area (TPSA) is 55.1 Å². The van der Waals surface area contributed by atoms with Gasteiger partial charge < -0.3 is 11.1 Å². The van der Waals surface area contributed by atoms with Crippen LogP contribution in [0.25, 0.3) is 0 Å². The standard InChI is InChI=1S/C8H16N2OS/c9-5-8(11)10-6-7-3-1-2-4-12-7/h7H,1-6,9H2,(H,10,11). The Hall–Kier alpha value is -0.220. The zero-order valence-corrected chi connectivity index (χ0v) is 8.03. The quantitative estimate of drug-likeness (QED) is 0.672. The van der Waals surface area contributed by atoms with E-state index in [4.69, 9.17) is 5.73 Å². The molecule has 4 heteroatoms. The Morgan fingerprint density at radius 3 is 3.00 bits per heavy atom. The second-order valence-corrected chi connectivity index (χ2v) is 4.41. The summed E-state index contributed by atoms with van der Waals surface area (Å²) < 4.78 is 0. The SMILES string of the molecule is NCC(=O)NCC1CCCCS1. The van der Waals surface area contributed by atoms with E-state index < -0.39 is 0 Å². The number of rotatable bonds is 3. The molecule has 70 valence electrons. The first-order chi connectivity index (χ1) is 5.83. The fourth-order valence-electron chi connectivity index (χ4n) is 1.27. The molecule has 0 aromatic heterocycles. The van der Waals surface area contributed by atoms with Crippen LogP contribution in [-0.2, 0) is 4.79 Å². The van der Waals surface area contributed by atoms with Crippen LogP contribution in [0.1, 0.15) is 19.3 Å². The lowest BCUT2D eigenvalue weighted by Gasteiger charge is -2.21. The summed E-state index contributed by atoms with van der Waals surface area (Å²) in [5.41, 5.74) is 5.17. The van der Waals surface area contributed by atoms with E-state index in [0.29, 0.717) is 5.25 Å². The number of hydrogen-bond acceptors (Lipinski definition) is 3. The van der Waals surface area contributed by atoms with Gasteiger partial charge in [-0.25, -0.2) is 0 Å². The van der Waals surface area contributed by atoms with Crippen LogP contribution in [0.3, 0.4) is 0 Å². The van der Waals surface area contributed by atoms with Gasteiger partial charge in [-0.2, -0.15) is 11.8 Å². The van der Waals surface area contributed by atoms with Gasteiger partial charge in [0.2, 0.25) is 5.91 Å². The molecule has 0 aromatic carbocycles. The normalized spacial score (nSPS) is 23.6. The van der Waals surface area contributed by atoms with Crippen molar-refractivity contribution in [3.05, 3.63) is 0 Å². The predicted octanol–water partition coefficient (Wildman–Crippen LogP) is 0.347. The average molecular weight is 188 g/mol. The van der Waals surface area contributed by atoms with E-state index in [1.165, 1.54) is 25.0 Å². The molecule has 3 nitrogen and oxygen atoms in total. The summed E-state index contributed by atoms with van der Waals surface area (Å²) in [6.45, 7) is 0.901. The minimum Gasteiger partial charge on any atom is -0.354 e. The number of carbonyl (C=O) groups excluding carboxylic acids is 1. The Balaban J connectivity index is 2.09. The monoisotopic (exact) mass is 188 g/mol. The fourth-order valence-corrected chi connectivity index (χ4v) is 2.51. The second kappa shape index (κ2) is 5.43. The zero-order valence-electron chi connectivity index (χ0n) is 7.21. The zero-order chi connectivity index (χ0) is 8.81. The van der Waals surface area contributed by atoms with Crippen molar-refractivity contribution in [3.63, 3.8) is 0 Å². The Morgan fingerprint density at radius 1 is 1.58 bits per heavy atom. The molecule has 1 saturated heterocycles. The van der Waals surface area contributed by atoms with Gasteiger partial charge >= 0.3 is 0 Å². The Kier molecular flexibility index (Phi) is 4.46. The molecule has 0 aliphatic carbocycles. The van der Waals surface area contributed by atoms with E-state index >= 15 is 0 Å². The molecule has 12 heavy (non-hydrogen) atoms. The molecule has 1 atom stereocenters. The number of thioether (sulfide) groups is 1. The smallest absolute Gasteiger partial charge is 0.233 e. The molecule has 1 fully saturated rings. The largest absolute Gasteiger partial charge is 0.354 e. The van der Waals surface area contributed by atoms with Crippen LogP contribution < -0.4 is 11.1 Å². The van der Waals surface area contributed by atoms with Gasteiger partial charge in [-0.1, -0.05) is 6.42 Å². The maximum absolute atomic E-state index is 10.8. The lowest BCUT2D eigenvalue weighted by Crippen LogP contribution is -2.35. The molecule has 0 spiro atoms. The molecule has 1 aliphatic heterocycles. The summed E-state index contributed by atoms with van der Waals surface area (Å²) in [6, 6.07) is 0. The predicted molar refractivity (Wildman–Crippen MR) is 52.2 cm³/mol. The van der Waals surface area contributed by atoms with E-state index in [1.807, 2.05) is 11.8 Å². The van der Waals surface area contributed by atoms with E-state index in [-0.39, 0.29) is 12.5 Å². The molecular weight excluding hydrogens is 172 g/mol. The van der Waals surface area contributed by atoms with Gasteiger partial charge in [0.1, 0.15) is 0 Å². The molecular formula is C8H16N2OS. The first-order valence-corrected chi connectivity index (χ1v) is 5.46. The van der Waals surface area contributed by atoms with Crippen LogP contribution in [0, 0.1) is 0 Å². The number of hydrogen-bond donors (Lipinski definition) is 2. The van der Waals surface area contributed by atoms with E-state index in [1.54, 1.807) is 0 Å². The number of nitrogens with one attached hydrogen (secondary N) is 1. The van der Waals surface area contributed by atoms with Crippen LogP contribution in [0.2, 0.25) is 0 Å². The molecule has 1 amide bonds. The summed E-state index contributed by atoms with van der Waals surface area (Å²) >= 11 is 1.96. The minimum atomic E-state index is -0.0406. The van der Waals surface area contributed by atoms with Gasteiger partial charge in [-0.3, -0.25) is 4.79 Å². The van der Waals surface area contributed by atoms with Crippen molar-refractivity contribution in [1.82, 2.24) is 5.32 Å². The lowest BCUT2D eigenvalue weighted by molar-refractivity contribution is -0.119. The minimum absolute atomic E-state index is 0.0406. The van der Waals surface area contributed by atoms with Gasteiger partial charge in [0.25, 0.3) is 0 Å². The molecule has 1 unspecified atom stereocenters. The molecule has 0 aromatic rings. The summed E-state index contributed by atoms with van der Waals surface area (Å²) in [5.74, 6) is 1.20. The van der Waals surface area contributed by atoms with E-state index in [9.17, 15) is 4.79 Å². The van der Waals surface area contributed by atoms with Crippen molar-refractivity contribution in [2.24, 2.45) is 5.73 Å². The Labute approximate surface area is 77.5 Å². The molecule has 1 aliphatic rings. The van der Waals surface area contributed by atoms with Crippen LogP contribution in [0.15, 0.2) is 0 Å². The van der Waals surface area contributed by atoms with E-state index in [0.717, 1.165) is 6.54 Å². The Bertz CT molecular complexity index is 146. The highest BCUT2D eigenvalue weighted by Crippen LogP contribution is 2.23. The summed E-state index contributed by atoms with van der Waals surface area (Å²) in [7, 11) is 0. The first-order valence-electron chi connectivity index (χ1n) is 4.41. The van der Waals surface area contributed by atoms with Crippen LogP contribution in [-0.4, -0.2) is 30.0 Å². The van der Waals surface area contributed by atoms with Gasteiger partial charge in [-0.15, -0.1) is 0 Å². The van der Waals surface area contributed by atoms with Gasteiger partial charge in [-0.05, 0) is 18.6 Å². The maximum Gasteiger partial charge on any atom is 0.233 e. The van der Waals surface area contributed by atoms with Crippen molar-refractivity contribution >= 4 is 17.7 Å². The third-order valence-electron chi connectivity index (χ3n) is 1.99. The number of amides is 1. The Morgan fingerprint density at radius 2 is 2.42 bits per heavy atom. The van der Waals surface area contributed by atoms with E-state index in [2.05, 4.69) is 5.32 Å². The van der Waals surface area contributed by atoms with Crippen LogP contribution in [0.5, 0.6) is 0 Å². The van der Waals surface area contributed by atoms with Gasteiger partial charge in [0.05, 0.1) is 6.54 Å². The molecule has 0 bridgehead atoms. The summed E-state index contributed by atoms with van der Waals surface area (Å²) in [4.78, 5) is 10.8. The van der Waals surface area contributed by atoms with Crippen molar-refractivity contribution in [1.29, 1.82) is 0 Å². The van der Waals surface area contributed by atoms with Crippen molar-refractivity contribution in [2.75, 3.05) is 18.8 Å². The highest BCUT2D eigenvalue weighted by atomic mass is 32.2. The molecule has 0 saturated carbocycles. The third-order valence-corrected chi connectivity index (χ3v) is 3.38. The van der Waals surface area contributed by atoms with Crippen LogP contribution in [0.4, 0.5) is 0 Å². The van der Waals surface area contributed by atoms with Gasteiger partial charge in [0, 0.05) is 11.8 Å². The summed E-state index contributed by atoms with van der Waals surface area (Å²) in [6.07, 6.45) is 3.86. The summed E-state index contributed by atoms with van der Waals surface area (Å²) in [5, 5.41) is 3.44. The van der Waals surface area contributed by atoms with Crippen molar-refractivity contribution < 1.29 is 4.79 Å². The first kappa shape index (κ1) is 9.86. The molecule has 1 heterocycles. The fraction of sp³-hybridized carbons (Fsp3) is 0.875. The van der Waals surface area contributed by atoms with Crippen molar-refractivity contribution in [3.8, 4) is 0 Å². The second-order valence-electron chi connectivity index (χ2n) is 3.00. The lowest BCUT2D eigenvalue weighted by atomic mass is 10.2. The van der Waals surface area contributed by atoms with Crippen molar-refractivity contribution in [2.45, 2.75) is 24.5 Å². The molecule has 1 rings (SSSR count). The highest BCUT2D eigenvalue weighted by Gasteiger charge is 2.13. The highest BCUT2D eigenvalue weighted by molar-refractivity contribution is 7.99. The average Bonchev–Trinajstić information content (AvgIpc) is 2.16. The maximum atomic E-state index is 10.8. The van der Waals surface area contributed by atoms with Gasteiger partial charge in [0.15, 0.2) is 0 Å². The third kappa shape index (κ3) is 3.45. The molecule has 0 radical (unpaired) electrons.